The zero-order chi connectivity index (χ0) is 21.3. The van der Waals surface area contributed by atoms with Crippen LogP contribution in [-0.4, -0.2) is 27.7 Å². The molecule has 1 N–H and O–H groups in total. The number of benzene rings is 1. The van der Waals surface area contributed by atoms with Crippen LogP contribution in [0.15, 0.2) is 30.5 Å². The number of carbonyl (C=O) groups excluding carboxylic acids is 1. The SMILES string of the molecule is N#Cc1ncc(N2C(=O)CCCN(c3ccc(O)cc3F)C2=S)cc1C(F)(F)F. The number of phenols is 1. The van der Waals surface area contributed by atoms with Crippen molar-refractivity contribution < 1.29 is 27.5 Å². The Morgan fingerprint density at radius 1 is 1.28 bits per heavy atom. The summed E-state index contributed by atoms with van der Waals surface area (Å²) in [6, 6.07) is 5.32. The van der Waals surface area contributed by atoms with Gasteiger partial charge in [0.1, 0.15) is 11.8 Å². The fourth-order valence-corrected chi connectivity index (χ4v) is 3.29. The molecule has 1 amide bonds. The van der Waals surface area contributed by atoms with Gasteiger partial charge in [0.25, 0.3) is 0 Å². The molecule has 0 atom stereocenters. The van der Waals surface area contributed by atoms with Crippen LogP contribution in [0.3, 0.4) is 0 Å². The van der Waals surface area contributed by atoms with Gasteiger partial charge in [-0.15, -0.1) is 0 Å². The van der Waals surface area contributed by atoms with Gasteiger partial charge < -0.3 is 10.0 Å². The number of thiocarbonyl (C=S) groups is 1. The van der Waals surface area contributed by atoms with Crippen LogP contribution in [-0.2, 0) is 11.0 Å². The van der Waals surface area contributed by atoms with Crippen molar-refractivity contribution in [1.29, 1.82) is 5.26 Å². The van der Waals surface area contributed by atoms with E-state index in [1.54, 1.807) is 0 Å². The smallest absolute Gasteiger partial charge is 0.419 e. The molecule has 6 nitrogen and oxygen atoms in total. The Labute approximate surface area is 167 Å². The number of anilines is 2. The highest BCUT2D eigenvalue weighted by atomic mass is 32.1. The fraction of sp³-hybridized carbons (Fsp3) is 0.222. The number of hydrogen-bond donors (Lipinski definition) is 1. The zero-order valence-corrected chi connectivity index (χ0v) is 15.4. The summed E-state index contributed by atoms with van der Waals surface area (Å²) < 4.78 is 54.2. The van der Waals surface area contributed by atoms with E-state index in [9.17, 15) is 27.5 Å². The van der Waals surface area contributed by atoms with Crippen LogP contribution >= 0.6 is 12.2 Å². The van der Waals surface area contributed by atoms with E-state index in [0.717, 1.165) is 17.2 Å². The molecule has 0 radical (unpaired) electrons. The third-order valence-corrected chi connectivity index (χ3v) is 4.61. The van der Waals surface area contributed by atoms with Crippen LogP contribution < -0.4 is 9.80 Å². The van der Waals surface area contributed by atoms with Crippen LogP contribution in [0.2, 0.25) is 0 Å². The number of phenolic OH excluding ortho intramolecular Hbond substituents is 1. The minimum Gasteiger partial charge on any atom is -0.508 e. The molecule has 2 heterocycles. The standard InChI is InChI=1S/C18H12F4N4O2S/c19-13-7-11(27)3-4-15(13)25-5-1-2-16(28)26(17(25)29)10-6-12(18(20,21)22)14(8-23)24-9-10/h3-4,6-7,9,27H,1-2,5H2. The maximum atomic E-state index is 14.3. The maximum absolute atomic E-state index is 14.3. The molecule has 1 fully saturated rings. The summed E-state index contributed by atoms with van der Waals surface area (Å²) >= 11 is 5.29. The van der Waals surface area contributed by atoms with Crippen molar-refractivity contribution in [3.63, 3.8) is 0 Å². The first-order valence-electron chi connectivity index (χ1n) is 8.24. The average molecular weight is 424 g/mol. The van der Waals surface area contributed by atoms with Gasteiger partial charge in [0.05, 0.1) is 23.1 Å². The Bertz CT molecular complexity index is 1040. The average Bonchev–Trinajstić information content (AvgIpc) is 2.79. The molecule has 1 aliphatic heterocycles. The third-order valence-electron chi connectivity index (χ3n) is 4.21. The number of halogens is 4. The number of aromatic hydroxyl groups is 1. The lowest BCUT2D eigenvalue weighted by Crippen LogP contribution is -2.44. The molecule has 1 aromatic heterocycles. The molecule has 0 unspecified atom stereocenters. The van der Waals surface area contributed by atoms with Crippen molar-refractivity contribution in [2.75, 3.05) is 16.3 Å². The molecule has 1 saturated heterocycles. The van der Waals surface area contributed by atoms with Crippen molar-refractivity contribution in [3.05, 3.63) is 47.5 Å². The second-order valence-corrected chi connectivity index (χ2v) is 6.47. The van der Waals surface area contributed by atoms with E-state index >= 15 is 0 Å². The maximum Gasteiger partial charge on any atom is 0.419 e. The Hall–Kier alpha value is -3.26. The van der Waals surface area contributed by atoms with Gasteiger partial charge in [0, 0.05) is 19.0 Å². The molecule has 1 aliphatic rings. The number of amides is 1. The number of nitriles is 1. The summed E-state index contributed by atoms with van der Waals surface area (Å²) in [5.41, 5.74) is -2.46. The summed E-state index contributed by atoms with van der Waals surface area (Å²) in [5, 5.41) is 18.0. The summed E-state index contributed by atoms with van der Waals surface area (Å²) in [4.78, 5) is 18.2. The molecule has 1 aromatic carbocycles. The van der Waals surface area contributed by atoms with Crippen LogP contribution in [0.25, 0.3) is 0 Å². The van der Waals surface area contributed by atoms with Gasteiger partial charge in [-0.2, -0.15) is 18.4 Å². The second-order valence-electron chi connectivity index (χ2n) is 6.10. The molecule has 0 bridgehead atoms. The van der Waals surface area contributed by atoms with Gasteiger partial charge in [-0.3, -0.25) is 9.69 Å². The monoisotopic (exact) mass is 424 g/mol. The van der Waals surface area contributed by atoms with Gasteiger partial charge in [0.15, 0.2) is 16.6 Å². The highest BCUT2D eigenvalue weighted by Crippen LogP contribution is 2.35. The quantitative estimate of drug-likeness (QED) is 0.585. The minimum atomic E-state index is -4.87. The Kier molecular flexibility index (Phi) is 5.39. The molecule has 3 rings (SSSR count). The fourth-order valence-electron chi connectivity index (χ4n) is 2.90. The molecule has 0 spiro atoms. The summed E-state index contributed by atoms with van der Waals surface area (Å²) in [6.45, 7) is 0.138. The van der Waals surface area contributed by atoms with Crippen molar-refractivity contribution in [1.82, 2.24) is 4.98 Å². The van der Waals surface area contributed by atoms with E-state index in [1.807, 2.05) is 0 Å². The predicted octanol–water partition coefficient (Wildman–Crippen LogP) is 3.74. The highest BCUT2D eigenvalue weighted by molar-refractivity contribution is 7.81. The molecule has 150 valence electrons. The number of hydrogen-bond acceptors (Lipinski definition) is 5. The number of alkyl halides is 3. The largest absolute Gasteiger partial charge is 0.508 e. The van der Waals surface area contributed by atoms with E-state index in [4.69, 9.17) is 17.5 Å². The van der Waals surface area contributed by atoms with Crippen LogP contribution in [0.4, 0.5) is 28.9 Å². The van der Waals surface area contributed by atoms with Crippen LogP contribution in [0, 0.1) is 17.1 Å². The van der Waals surface area contributed by atoms with E-state index in [-0.39, 0.29) is 41.6 Å². The lowest BCUT2D eigenvalue weighted by Gasteiger charge is -2.30. The van der Waals surface area contributed by atoms with Gasteiger partial charge >= 0.3 is 6.18 Å². The normalized spacial score (nSPS) is 15.3. The zero-order valence-electron chi connectivity index (χ0n) is 14.6. The molecule has 2 aromatic rings. The molecular weight excluding hydrogens is 412 g/mol. The van der Waals surface area contributed by atoms with Crippen molar-refractivity contribution >= 4 is 34.6 Å². The first-order chi connectivity index (χ1) is 13.6. The van der Waals surface area contributed by atoms with Crippen LogP contribution in [0.5, 0.6) is 5.75 Å². The summed E-state index contributed by atoms with van der Waals surface area (Å²) in [6.07, 6.45) is -3.70. The Balaban J connectivity index is 2.09. The number of aromatic nitrogens is 1. The number of pyridine rings is 1. The lowest BCUT2D eigenvalue weighted by molar-refractivity contribution is -0.138. The molecule has 11 heteroatoms. The van der Waals surface area contributed by atoms with Crippen molar-refractivity contribution in [2.45, 2.75) is 19.0 Å². The summed E-state index contributed by atoms with van der Waals surface area (Å²) in [7, 11) is 0. The van der Waals surface area contributed by atoms with E-state index in [0.29, 0.717) is 6.07 Å². The molecule has 0 aliphatic carbocycles. The number of nitrogens with zero attached hydrogens (tertiary/aromatic N) is 4. The molecular formula is C18H12F4N4O2S. The predicted molar refractivity (Wildman–Crippen MR) is 98.7 cm³/mol. The second kappa shape index (κ2) is 7.63. The van der Waals surface area contributed by atoms with E-state index in [1.165, 1.54) is 23.1 Å². The van der Waals surface area contributed by atoms with Gasteiger partial charge in [-0.1, -0.05) is 0 Å². The van der Waals surface area contributed by atoms with E-state index in [2.05, 4.69) is 4.98 Å². The van der Waals surface area contributed by atoms with E-state index < -0.39 is 29.2 Å². The van der Waals surface area contributed by atoms with Crippen molar-refractivity contribution in [2.24, 2.45) is 0 Å². The number of carbonyl (C=O) groups is 1. The molecule has 0 saturated carbocycles. The minimum absolute atomic E-state index is 0.0369. The van der Waals surface area contributed by atoms with Crippen LogP contribution in [0.1, 0.15) is 24.1 Å². The number of rotatable bonds is 2. The first kappa shape index (κ1) is 20.5. The Morgan fingerprint density at radius 3 is 2.62 bits per heavy atom. The Morgan fingerprint density at radius 2 is 2.00 bits per heavy atom. The topological polar surface area (TPSA) is 80.5 Å². The van der Waals surface area contributed by atoms with Gasteiger partial charge in [-0.05, 0) is 36.8 Å². The highest BCUT2D eigenvalue weighted by Gasteiger charge is 2.37. The van der Waals surface area contributed by atoms with Gasteiger partial charge in [0.2, 0.25) is 5.91 Å². The first-order valence-corrected chi connectivity index (χ1v) is 8.64. The van der Waals surface area contributed by atoms with Crippen molar-refractivity contribution in [3.8, 4) is 11.8 Å². The lowest BCUT2D eigenvalue weighted by atomic mass is 10.1. The summed E-state index contributed by atoms with van der Waals surface area (Å²) in [5.74, 6) is -1.71. The third kappa shape index (κ3) is 3.97. The van der Waals surface area contributed by atoms with Gasteiger partial charge in [-0.25, -0.2) is 9.37 Å². The molecule has 29 heavy (non-hydrogen) atoms.